The summed E-state index contributed by atoms with van der Waals surface area (Å²) >= 11 is 0. The SMILES string of the molecule is CC(=O)N/N=C/c1ccc(O)cc1O. The number of benzene rings is 1. The van der Waals surface area contributed by atoms with E-state index in [4.69, 9.17) is 5.11 Å². The standard InChI is InChI=1S/C9H10N2O3/c1-6(12)11-10-5-7-2-3-8(13)4-9(7)14/h2-5,13-14H,1H3,(H,11,12)/b10-5+. The van der Waals surface area contributed by atoms with Gasteiger partial charge >= 0.3 is 0 Å². The summed E-state index contributed by atoms with van der Waals surface area (Å²) in [5.41, 5.74) is 2.61. The Morgan fingerprint density at radius 3 is 2.79 bits per heavy atom. The molecule has 0 aliphatic heterocycles. The number of nitrogens with zero attached hydrogens (tertiary/aromatic N) is 1. The Labute approximate surface area is 80.7 Å². The molecule has 0 bridgehead atoms. The van der Waals surface area contributed by atoms with E-state index in [-0.39, 0.29) is 17.4 Å². The van der Waals surface area contributed by atoms with Crippen molar-refractivity contribution in [3.63, 3.8) is 0 Å². The van der Waals surface area contributed by atoms with Crippen molar-refractivity contribution in [2.24, 2.45) is 5.10 Å². The molecule has 1 aromatic carbocycles. The normalized spacial score (nSPS) is 10.4. The van der Waals surface area contributed by atoms with Crippen LogP contribution < -0.4 is 5.43 Å². The Hall–Kier alpha value is -2.04. The molecule has 3 N–H and O–H groups in total. The fourth-order valence-corrected chi connectivity index (χ4v) is 0.834. The second-order valence-electron chi connectivity index (χ2n) is 2.67. The van der Waals surface area contributed by atoms with Crippen LogP contribution >= 0.6 is 0 Å². The van der Waals surface area contributed by atoms with Gasteiger partial charge < -0.3 is 10.2 Å². The topological polar surface area (TPSA) is 81.9 Å². The van der Waals surface area contributed by atoms with Crippen molar-refractivity contribution in [1.29, 1.82) is 0 Å². The Morgan fingerprint density at radius 2 is 2.21 bits per heavy atom. The van der Waals surface area contributed by atoms with Crippen LogP contribution in [-0.2, 0) is 4.79 Å². The predicted molar refractivity (Wildman–Crippen MR) is 51.2 cm³/mol. The van der Waals surface area contributed by atoms with E-state index in [2.05, 4.69) is 10.5 Å². The van der Waals surface area contributed by atoms with Crippen molar-refractivity contribution < 1.29 is 15.0 Å². The number of phenols is 2. The summed E-state index contributed by atoms with van der Waals surface area (Å²) < 4.78 is 0. The van der Waals surface area contributed by atoms with E-state index >= 15 is 0 Å². The van der Waals surface area contributed by atoms with Crippen LogP contribution in [0.15, 0.2) is 23.3 Å². The first kappa shape index (κ1) is 10.0. The largest absolute Gasteiger partial charge is 0.508 e. The van der Waals surface area contributed by atoms with Gasteiger partial charge in [-0.05, 0) is 12.1 Å². The number of hydrazone groups is 1. The van der Waals surface area contributed by atoms with Crippen LogP contribution in [-0.4, -0.2) is 22.3 Å². The molecule has 14 heavy (non-hydrogen) atoms. The van der Waals surface area contributed by atoms with Gasteiger partial charge in [-0.2, -0.15) is 5.10 Å². The summed E-state index contributed by atoms with van der Waals surface area (Å²) in [5, 5.41) is 21.8. The van der Waals surface area contributed by atoms with Crippen LogP contribution in [0.5, 0.6) is 11.5 Å². The zero-order chi connectivity index (χ0) is 10.6. The van der Waals surface area contributed by atoms with E-state index in [1.54, 1.807) is 0 Å². The minimum atomic E-state index is -0.292. The molecule has 0 fully saturated rings. The van der Waals surface area contributed by atoms with Gasteiger partial charge in [-0.1, -0.05) is 0 Å². The molecule has 0 saturated carbocycles. The lowest BCUT2D eigenvalue weighted by Crippen LogP contribution is -2.12. The fraction of sp³-hybridized carbons (Fsp3) is 0.111. The first-order valence-electron chi connectivity index (χ1n) is 3.91. The van der Waals surface area contributed by atoms with Crippen LogP contribution in [0, 0.1) is 0 Å². The van der Waals surface area contributed by atoms with Crippen molar-refractivity contribution in [1.82, 2.24) is 5.43 Å². The Kier molecular flexibility index (Phi) is 3.06. The second-order valence-corrected chi connectivity index (χ2v) is 2.67. The van der Waals surface area contributed by atoms with Crippen LogP contribution in [0.3, 0.4) is 0 Å². The van der Waals surface area contributed by atoms with Crippen LogP contribution in [0.25, 0.3) is 0 Å². The Balaban J connectivity index is 2.76. The van der Waals surface area contributed by atoms with Gasteiger partial charge in [0, 0.05) is 18.6 Å². The third-order valence-corrected chi connectivity index (χ3v) is 1.44. The number of carbonyl (C=O) groups is 1. The molecule has 0 aromatic heterocycles. The highest BCUT2D eigenvalue weighted by atomic mass is 16.3. The Bertz CT molecular complexity index is 374. The molecular weight excluding hydrogens is 184 g/mol. The van der Waals surface area contributed by atoms with E-state index < -0.39 is 0 Å². The average molecular weight is 194 g/mol. The van der Waals surface area contributed by atoms with Gasteiger partial charge in [-0.15, -0.1) is 0 Å². The van der Waals surface area contributed by atoms with Gasteiger partial charge in [-0.25, -0.2) is 5.43 Å². The molecule has 1 rings (SSSR count). The third-order valence-electron chi connectivity index (χ3n) is 1.44. The van der Waals surface area contributed by atoms with Crippen LogP contribution in [0.4, 0.5) is 0 Å². The molecule has 5 nitrogen and oxygen atoms in total. The monoisotopic (exact) mass is 194 g/mol. The molecule has 74 valence electrons. The molecule has 0 saturated heterocycles. The summed E-state index contributed by atoms with van der Waals surface area (Å²) in [6.07, 6.45) is 1.29. The Morgan fingerprint density at radius 1 is 1.50 bits per heavy atom. The number of amides is 1. The second kappa shape index (κ2) is 4.27. The zero-order valence-electron chi connectivity index (χ0n) is 7.56. The smallest absolute Gasteiger partial charge is 0.236 e. The molecule has 0 unspecified atom stereocenters. The molecule has 1 aromatic rings. The number of phenolic OH excluding ortho intramolecular Hbond substituents is 2. The molecule has 0 atom stereocenters. The number of nitrogens with one attached hydrogen (secondary N) is 1. The minimum absolute atomic E-state index is 0.0285. The molecule has 0 spiro atoms. The zero-order valence-corrected chi connectivity index (χ0v) is 7.56. The highest BCUT2D eigenvalue weighted by Crippen LogP contribution is 2.20. The average Bonchev–Trinajstić information content (AvgIpc) is 2.08. The van der Waals surface area contributed by atoms with E-state index in [1.165, 1.54) is 31.3 Å². The third kappa shape index (κ3) is 2.78. The van der Waals surface area contributed by atoms with Crippen molar-refractivity contribution in [2.45, 2.75) is 6.92 Å². The molecule has 5 heteroatoms. The summed E-state index contributed by atoms with van der Waals surface area (Å²) in [6.45, 7) is 1.33. The molecule has 0 aliphatic carbocycles. The molecule has 0 aliphatic rings. The maximum absolute atomic E-state index is 10.4. The summed E-state index contributed by atoms with van der Waals surface area (Å²) in [5.74, 6) is -0.419. The lowest BCUT2D eigenvalue weighted by atomic mass is 10.2. The van der Waals surface area contributed by atoms with E-state index in [9.17, 15) is 9.90 Å². The van der Waals surface area contributed by atoms with Crippen LogP contribution in [0.2, 0.25) is 0 Å². The first-order valence-corrected chi connectivity index (χ1v) is 3.91. The lowest BCUT2D eigenvalue weighted by Gasteiger charge is -1.98. The van der Waals surface area contributed by atoms with Crippen molar-refractivity contribution in [2.75, 3.05) is 0 Å². The highest BCUT2D eigenvalue weighted by molar-refractivity contribution is 5.84. The quantitative estimate of drug-likeness (QED) is 0.475. The summed E-state index contributed by atoms with van der Waals surface area (Å²) in [4.78, 5) is 10.4. The van der Waals surface area contributed by atoms with Gasteiger partial charge in [0.15, 0.2) is 0 Å². The number of hydrogen-bond acceptors (Lipinski definition) is 4. The van der Waals surface area contributed by atoms with Gasteiger partial charge in [0.1, 0.15) is 11.5 Å². The maximum atomic E-state index is 10.4. The summed E-state index contributed by atoms with van der Waals surface area (Å²) in [6, 6.07) is 4.08. The van der Waals surface area contributed by atoms with Crippen molar-refractivity contribution in [3.05, 3.63) is 23.8 Å². The van der Waals surface area contributed by atoms with Gasteiger partial charge in [-0.3, -0.25) is 4.79 Å². The molecule has 0 heterocycles. The number of aromatic hydroxyl groups is 2. The highest BCUT2D eigenvalue weighted by Gasteiger charge is 1.98. The number of rotatable bonds is 2. The first-order chi connectivity index (χ1) is 6.59. The van der Waals surface area contributed by atoms with E-state index in [0.29, 0.717) is 5.56 Å². The fourth-order valence-electron chi connectivity index (χ4n) is 0.834. The maximum Gasteiger partial charge on any atom is 0.236 e. The van der Waals surface area contributed by atoms with Crippen molar-refractivity contribution >= 4 is 12.1 Å². The molecule has 1 amide bonds. The van der Waals surface area contributed by atoms with Gasteiger partial charge in [0.2, 0.25) is 5.91 Å². The van der Waals surface area contributed by atoms with E-state index in [1.807, 2.05) is 0 Å². The number of hydrogen-bond donors (Lipinski definition) is 3. The van der Waals surface area contributed by atoms with E-state index in [0.717, 1.165) is 0 Å². The molecular formula is C9H10N2O3. The van der Waals surface area contributed by atoms with Crippen LogP contribution in [0.1, 0.15) is 12.5 Å². The lowest BCUT2D eigenvalue weighted by molar-refractivity contribution is -0.118. The predicted octanol–water partition coefficient (Wildman–Crippen LogP) is 0.568. The van der Waals surface area contributed by atoms with Gasteiger partial charge in [0.25, 0.3) is 0 Å². The number of carbonyl (C=O) groups excluding carboxylic acids is 1. The van der Waals surface area contributed by atoms with Gasteiger partial charge in [0.05, 0.1) is 6.21 Å². The molecule has 0 radical (unpaired) electrons. The van der Waals surface area contributed by atoms with Crippen molar-refractivity contribution in [3.8, 4) is 11.5 Å². The minimum Gasteiger partial charge on any atom is -0.508 e. The summed E-state index contributed by atoms with van der Waals surface area (Å²) in [7, 11) is 0.